The van der Waals surface area contributed by atoms with Crippen molar-refractivity contribution in [2.75, 3.05) is 17.8 Å². The maximum atomic E-state index is 13.4. The third-order valence-corrected chi connectivity index (χ3v) is 4.46. The van der Waals surface area contributed by atoms with Gasteiger partial charge in [0.2, 0.25) is 5.91 Å². The third-order valence-electron chi connectivity index (χ3n) is 2.76. The van der Waals surface area contributed by atoms with Crippen LogP contribution in [0.1, 0.15) is 6.42 Å². The van der Waals surface area contributed by atoms with Gasteiger partial charge in [0.25, 0.3) is 5.91 Å². The van der Waals surface area contributed by atoms with Gasteiger partial charge in [-0.3, -0.25) is 20.4 Å². The largest absolute Gasteiger partial charge is 0.352 e. The normalized spacial score (nSPS) is 11.4. The zero-order valence-corrected chi connectivity index (χ0v) is 14.6. The minimum atomic E-state index is -0.838. The zero-order valence-electron chi connectivity index (χ0n) is 13.0. The molecule has 0 heterocycles. The van der Waals surface area contributed by atoms with E-state index in [1.165, 1.54) is 17.8 Å². The van der Waals surface area contributed by atoms with Crippen LogP contribution >= 0.6 is 23.5 Å². The Morgan fingerprint density at radius 3 is 2.58 bits per heavy atom. The highest BCUT2D eigenvalue weighted by Crippen LogP contribution is 2.20. The molecule has 5 N–H and O–H groups in total. The van der Waals surface area contributed by atoms with Crippen LogP contribution in [0.5, 0.6) is 0 Å². The second-order valence-electron chi connectivity index (χ2n) is 4.60. The molecule has 4 amide bonds. The van der Waals surface area contributed by atoms with Gasteiger partial charge in [0.15, 0.2) is 0 Å². The molecule has 1 aromatic rings. The third kappa shape index (κ3) is 7.55. The van der Waals surface area contributed by atoms with E-state index in [1.54, 1.807) is 18.2 Å². The van der Waals surface area contributed by atoms with Crippen LogP contribution < -0.4 is 21.9 Å². The fourth-order valence-electron chi connectivity index (χ4n) is 1.64. The van der Waals surface area contributed by atoms with Crippen LogP contribution in [-0.4, -0.2) is 41.6 Å². The summed E-state index contributed by atoms with van der Waals surface area (Å²) in [5.41, 5.74) is 9.47. The molecule has 0 saturated heterocycles. The number of carbonyl (C=O) groups excluding carboxylic acids is 3. The highest BCUT2D eigenvalue weighted by molar-refractivity contribution is 8.00. The minimum absolute atomic E-state index is 0.0695. The summed E-state index contributed by atoms with van der Waals surface area (Å²) in [6.07, 6.45) is 2.23. The number of amides is 4. The van der Waals surface area contributed by atoms with Crippen molar-refractivity contribution in [3.63, 3.8) is 0 Å². The van der Waals surface area contributed by atoms with Gasteiger partial charge in [-0.2, -0.15) is 11.8 Å². The molecule has 0 saturated carbocycles. The Morgan fingerprint density at radius 2 is 1.96 bits per heavy atom. The fourth-order valence-corrected chi connectivity index (χ4v) is 2.85. The van der Waals surface area contributed by atoms with Gasteiger partial charge in [0.1, 0.15) is 11.9 Å². The number of hydrogen-bond donors (Lipinski definition) is 4. The maximum Gasteiger partial charge on any atom is 0.312 e. The summed E-state index contributed by atoms with van der Waals surface area (Å²) in [7, 11) is 0. The van der Waals surface area contributed by atoms with Crippen LogP contribution in [-0.2, 0) is 9.59 Å². The molecule has 0 aromatic heterocycles. The Bertz CT molecular complexity index is 589. The highest BCUT2D eigenvalue weighted by Gasteiger charge is 2.19. The van der Waals surface area contributed by atoms with Crippen molar-refractivity contribution < 1.29 is 18.8 Å². The van der Waals surface area contributed by atoms with Crippen LogP contribution in [0, 0.1) is 5.82 Å². The fraction of sp³-hybridized carbons (Fsp3) is 0.357. The van der Waals surface area contributed by atoms with Gasteiger partial charge in [0, 0.05) is 4.90 Å². The second kappa shape index (κ2) is 10.8. The van der Waals surface area contributed by atoms with E-state index in [0.29, 0.717) is 17.1 Å². The molecule has 0 aliphatic heterocycles. The van der Waals surface area contributed by atoms with Crippen molar-refractivity contribution in [1.29, 1.82) is 0 Å². The number of nitrogens with one attached hydrogen (secondary N) is 3. The van der Waals surface area contributed by atoms with E-state index in [0.717, 1.165) is 11.8 Å². The molecule has 1 rings (SSSR count). The Morgan fingerprint density at radius 1 is 1.25 bits per heavy atom. The molecular formula is C14H19FN4O3S2. The number of hydrogen-bond acceptors (Lipinski definition) is 5. The number of carbonyl (C=O) groups is 3. The monoisotopic (exact) mass is 374 g/mol. The average molecular weight is 374 g/mol. The van der Waals surface area contributed by atoms with Crippen LogP contribution in [0.2, 0.25) is 0 Å². The van der Waals surface area contributed by atoms with Gasteiger partial charge in [0.05, 0.1) is 5.75 Å². The summed E-state index contributed by atoms with van der Waals surface area (Å²) in [5, 5.41) is 2.31. The van der Waals surface area contributed by atoms with E-state index in [1.807, 2.05) is 6.26 Å². The molecular weight excluding hydrogens is 355 g/mol. The number of urea groups is 1. The van der Waals surface area contributed by atoms with Crippen molar-refractivity contribution in [2.24, 2.45) is 5.73 Å². The molecule has 0 aliphatic rings. The number of hydrazine groups is 1. The predicted molar refractivity (Wildman–Crippen MR) is 92.9 cm³/mol. The first-order valence-electron chi connectivity index (χ1n) is 6.95. The molecule has 10 heteroatoms. The van der Waals surface area contributed by atoms with Crippen molar-refractivity contribution in [3.8, 4) is 0 Å². The van der Waals surface area contributed by atoms with Crippen molar-refractivity contribution >= 4 is 41.4 Å². The lowest BCUT2D eigenvalue weighted by Crippen LogP contribution is -2.53. The summed E-state index contributed by atoms with van der Waals surface area (Å²) in [5.74, 6) is -0.927. The number of rotatable bonds is 8. The number of primary amides is 1. The molecule has 0 spiro atoms. The van der Waals surface area contributed by atoms with Crippen molar-refractivity contribution in [3.05, 3.63) is 30.1 Å². The quantitative estimate of drug-likeness (QED) is 0.398. The van der Waals surface area contributed by atoms with E-state index >= 15 is 0 Å². The van der Waals surface area contributed by atoms with Crippen LogP contribution in [0.25, 0.3) is 0 Å². The summed E-state index contributed by atoms with van der Waals surface area (Å²) >= 11 is 2.52. The van der Waals surface area contributed by atoms with E-state index in [-0.39, 0.29) is 5.75 Å². The lowest BCUT2D eigenvalue weighted by molar-refractivity contribution is -0.128. The van der Waals surface area contributed by atoms with Gasteiger partial charge < -0.3 is 11.1 Å². The van der Waals surface area contributed by atoms with E-state index in [2.05, 4.69) is 16.2 Å². The molecule has 1 atom stereocenters. The standard InChI is InChI=1S/C14H19FN4O3S2/c1-23-7-6-10(17-14(16)22)13(21)19-18-12(20)8-24-11-5-3-2-4-9(11)15/h2-5,10H,6-8H2,1H3,(H,18,20)(H,19,21)(H3,16,17,22)/t10-/m1/s1. The molecule has 132 valence electrons. The number of thioether (sulfide) groups is 2. The molecule has 0 unspecified atom stereocenters. The molecule has 1 aromatic carbocycles. The second-order valence-corrected chi connectivity index (χ2v) is 6.60. The van der Waals surface area contributed by atoms with Gasteiger partial charge in [-0.1, -0.05) is 12.1 Å². The Labute approximate surface area is 147 Å². The first-order chi connectivity index (χ1) is 11.4. The summed E-state index contributed by atoms with van der Waals surface area (Å²) in [4.78, 5) is 34.9. The van der Waals surface area contributed by atoms with Crippen molar-refractivity contribution in [1.82, 2.24) is 16.2 Å². The smallest absolute Gasteiger partial charge is 0.312 e. The first kappa shape index (κ1) is 20.1. The first-order valence-corrected chi connectivity index (χ1v) is 9.33. The summed E-state index contributed by atoms with van der Waals surface area (Å²) in [6.45, 7) is 0. The molecule has 0 bridgehead atoms. The Kier molecular flexibility index (Phi) is 9.02. The topological polar surface area (TPSA) is 113 Å². The lowest BCUT2D eigenvalue weighted by atomic mass is 10.2. The Hall–Kier alpha value is -1.94. The number of halogens is 1. The average Bonchev–Trinajstić information content (AvgIpc) is 2.55. The van der Waals surface area contributed by atoms with Crippen LogP contribution in [0.3, 0.4) is 0 Å². The van der Waals surface area contributed by atoms with E-state index in [4.69, 9.17) is 5.73 Å². The molecule has 0 aliphatic carbocycles. The van der Waals surface area contributed by atoms with Gasteiger partial charge in [-0.25, -0.2) is 9.18 Å². The van der Waals surface area contributed by atoms with Gasteiger partial charge in [-0.05, 0) is 30.6 Å². The Balaban J connectivity index is 2.42. The maximum absolute atomic E-state index is 13.4. The lowest BCUT2D eigenvalue weighted by Gasteiger charge is -2.17. The van der Waals surface area contributed by atoms with Crippen LogP contribution in [0.4, 0.5) is 9.18 Å². The molecule has 7 nitrogen and oxygen atoms in total. The van der Waals surface area contributed by atoms with E-state index < -0.39 is 29.7 Å². The van der Waals surface area contributed by atoms with Crippen molar-refractivity contribution in [2.45, 2.75) is 17.4 Å². The SMILES string of the molecule is CSCC[C@@H](NC(N)=O)C(=O)NNC(=O)CSc1ccccc1F. The van der Waals surface area contributed by atoms with Gasteiger partial charge >= 0.3 is 6.03 Å². The zero-order chi connectivity index (χ0) is 17.9. The number of benzene rings is 1. The van der Waals surface area contributed by atoms with E-state index in [9.17, 15) is 18.8 Å². The summed E-state index contributed by atoms with van der Waals surface area (Å²) < 4.78 is 13.4. The molecule has 0 fully saturated rings. The predicted octanol–water partition coefficient (Wildman–Crippen LogP) is 0.855. The minimum Gasteiger partial charge on any atom is -0.352 e. The highest BCUT2D eigenvalue weighted by atomic mass is 32.2. The van der Waals surface area contributed by atoms with Gasteiger partial charge in [-0.15, -0.1) is 11.8 Å². The number of nitrogens with two attached hydrogens (primary N) is 1. The van der Waals surface area contributed by atoms with Crippen LogP contribution in [0.15, 0.2) is 29.2 Å². The summed E-state index contributed by atoms with van der Waals surface area (Å²) in [6, 6.07) is 4.42. The molecule has 0 radical (unpaired) electrons. The molecule has 24 heavy (non-hydrogen) atoms.